The van der Waals surface area contributed by atoms with Crippen LogP contribution in [0.25, 0.3) is 10.9 Å². The first kappa shape index (κ1) is 19.6. The number of nitrogens with zero attached hydrogens (tertiary/aromatic N) is 4. The van der Waals surface area contributed by atoms with Gasteiger partial charge in [0.25, 0.3) is 0 Å². The number of aromatic nitrogens is 2. The highest BCUT2D eigenvalue weighted by Gasteiger charge is 2.38. The van der Waals surface area contributed by atoms with E-state index in [2.05, 4.69) is 32.3 Å². The van der Waals surface area contributed by atoms with E-state index in [1.54, 1.807) is 18.2 Å². The lowest BCUT2D eigenvalue weighted by molar-refractivity contribution is 0.260. The van der Waals surface area contributed by atoms with Crippen molar-refractivity contribution in [1.29, 1.82) is 5.26 Å². The highest BCUT2D eigenvalue weighted by atomic mass is 35.5. The minimum absolute atomic E-state index is 0.454. The molecule has 7 nitrogen and oxygen atoms in total. The summed E-state index contributed by atoms with van der Waals surface area (Å²) < 4.78 is 13.5. The molecule has 1 fully saturated rings. The molecule has 10 heteroatoms. The first-order valence-corrected chi connectivity index (χ1v) is 10.3. The second-order valence-corrected chi connectivity index (χ2v) is 8.31. The van der Waals surface area contributed by atoms with E-state index in [4.69, 9.17) is 11.6 Å². The molecule has 2 aromatic heterocycles. The van der Waals surface area contributed by atoms with Crippen molar-refractivity contribution in [2.45, 2.75) is 24.3 Å². The predicted octanol–water partition coefficient (Wildman–Crippen LogP) is 2.52. The minimum atomic E-state index is -0.769. The molecule has 0 amide bonds. The van der Waals surface area contributed by atoms with Crippen LogP contribution in [0.5, 0.6) is 0 Å². The monoisotopic (exact) mass is 433 g/mol. The Kier molecular flexibility index (Phi) is 4.69. The number of nitriles is 1. The van der Waals surface area contributed by atoms with Crippen LogP contribution in [0.3, 0.4) is 0 Å². The van der Waals surface area contributed by atoms with Crippen molar-refractivity contribution in [3.8, 4) is 6.07 Å². The molecule has 5 rings (SSSR count). The number of rotatable bonds is 5. The lowest BCUT2D eigenvalue weighted by Gasteiger charge is -2.33. The topological polar surface area (TPSA) is 88.9 Å². The van der Waals surface area contributed by atoms with Gasteiger partial charge < -0.3 is 10.7 Å². The molecule has 154 valence electrons. The zero-order chi connectivity index (χ0) is 21.6. The fraction of sp³-hybridized carbons (Fsp3) is 0.190. The first-order chi connectivity index (χ1) is 15.0. The molecule has 1 aliphatic heterocycles. The van der Waals surface area contributed by atoms with Crippen molar-refractivity contribution in [2.24, 2.45) is 0 Å². The van der Waals surface area contributed by atoms with E-state index in [-0.39, 0.29) is 0 Å². The molecule has 2 aliphatic rings. The Morgan fingerprint density at radius 2 is 2.10 bits per heavy atom. The van der Waals surface area contributed by atoms with Gasteiger partial charge in [0.15, 0.2) is 0 Å². The number of hydrogen-bond acceptors (Lipinski definition) is 7. The summed E-state index contributed by atoms with van der Waals surface area (Å²) in [6, 6.07) is 11.0. The van der Waals surface area contributed by atoms with Gasteiger partial charge in [0.1, 0.15) is 13.9 Å². The van der Waals surface area contributed by atoms with Crippen molar-refractivity contribution in [2.75, 3.05) is 5.32 Å². The van der Waals surface area contributed by atoms with E-state index in [0.717, 1.165) is 35.2 Å². The summed E-state index contributed by atoms with van der Waals surface area (Å²) in [5.74, 6) is -0.541. The number of hydrogen-bond donors (Lipinski definition) is 3. The van der Waals surface area contributed by atoms with Gasteiger partial charge in [-0.15, -0.1) is 5.53 Å². The van der Waals surface area contributed by atoms with Crippen molar-refractivity contribution in [1.82, 2.24) is 25.9 Å². The van der Waals surface area contributed by atoms with Crippen LogP contribution < -0.4 is 16.3 Å². The second kappa shape index (κ2) is 7.41. The summed E-state index contributed by atoms with van der Waals surface area (Å²) in [4.78, 5) is 8.14. The zero-order valence-corrected chi connectivity index (χ0v) is 17.4. The normalized spacial score (nSPS) is 17.6. The zero-order valence-electron chi connectivity index (χ0n) is 16.7. The van der Waals surface area contributed by atoms with Gasteiger partial charge in [-0.05, 0) is 42.7 Å². The van der Waals surface area contributed by atoms with Crippen molar-refractivity contribution in [3.05, 3.63) is 76.7 Å². The largest absolute Gasteiger partial charge is 0.378 e. The molecule has 0 saturated heterocycles. The van der Waals surface area contributed by atoms with Crippen molar-refractivity contribution in [3.63, 3.8) is 0 Å². The van der Waals surface area contributed by atoms with Crippen LogP contribution in [-0.4, -0.2) is 28.9 Å². The molecule has 1 unspecified atom stereocenters. The van der Waals surface area contributed by atoms with Gasteiger partial charge in [-0.1, -0.05) is 17.7 Å². The van der Waals surface area contributed by atoms with E-state index in [1.807, 2.05) is 25.1 Å². The van der Waals surface area contributed by atoms with E-state index in [1.165, 1.54) is 18.5 Å². The van der Waals surface area contributed by atoms with Gasteiger partial charge in [0, 0.05) is 35.7 Å². The van der Waals surface area contributed by atoms with Crippen LogP contribution in [0.1, 0.15) is 24.0 Å². The summed E-state index contributed by atoms with van der Waals surface area (Å²) >= 11 is 6.49. The van der Waals surface area contributed by atoms with Crippen LogP contribution in [0.4, 0.5) is 10.1 Å². The molecular weight excluding hydrogens is 416 g/mol. The van der Waals surface area contributed by atoms with Crippen molar-refractivity contribution < 1.29 is 4.39 Å². The van der Waals surface area contributed by atoms with Gasteiger partial charge in [-0.25, -0.2) is 4.98 Å². The maximum Gasteiger partial charge on any atom is 0.212 e. The Morgan fingerprint density at radius 1 is 1.26 bits per heavy atom. The average Bonchev–Trinajstić information content (AvgIpc) is 3.49. The minimum Gasteiger partial charge on any atom is -0.378 e. The molecule has 0 spiro atoms. The number of pyridine rings is 2. The highest BCUT2D eigenvalue weighted by Crippen LogP contribution is 2.35. The lowest BCUT2D eigenvalue weighted by Crippen LogP contribution is -2.45. The van der Waals surface area contributed by atoms with Gasteiger partial charge >= 0.3 is 0 Å². The number of halogens is 2. The van der Waals surface area contributed by atoms with Gasteiger partial charge in [-0.3, -0.25) is 9.99 Å². The first-order valence-electron chi connectivity index (χ1n) is 9.88. The predicted molar refractivity (Wildman–Crippen MR) is 119 cm³/mol. The molecule has 1 aromatic carbocycles. The molecule has 3 aromatic rings. The third-order valence-corrected chi connectivity index (χ3v) is 5.92. The molecule has 3 heterocycles. The summed E-state index contributed by atoms with van der Waals surface area (Å²) in [7, 11) is 1.99. The summed E-state index contributed by atoms with van der Waals surface area (Å²) in [5, 5.41) is 16.0. The maximum atomic E-state index is 13.5. The number of fused-ring (bicyclic) bond motifs is 1. The molecule has 0 radical (unpaired) electrons. The lowest BCUT2D eigenvalue weighted by atomic mass is 9.70. The molecule has 1 aliphatic carbocycles. The Morgan fingerprint density at radius 3 is 2.81 bits per heavy atom. The van der Waals surface area contributed by atoms with Crippen LogP contribution in [0.2, 0.25) is 5.02 Å². The molecular formula is C21H18BClFN7. The fourth-order valence-electron chi connectivity index (χ4n) is 3.73. The van der Waals surface area contributed by atoms with Crippen LogP contribution in [0, 0.1) is 17.3 Å². The number of nitrogens with one attached hydrogen (secondary N) is 3. The third-order valence-electron chi connectivity index (χ3n) is 5.63. The maximum absolute atomic E-state index is 13.5. The number of hydrazine groups is 2. The van der Waals surface area contributed by atoms with E-state index in [9.17, 15) is 9.65 Å². The number of anilines is 1. The quantitative estimate of drug-likeness (QED) is 0.421. The molecule has 0 bridgehead atoms. The Labute approximate surface area is 184 Å². The van der Waals surface area contributed by atoms with Crippen molar-refractivity contribution >= 4 is 36.0 Å². The highest BCUT2D eigenvalue weighted by molar-refractivity contribution is 6.35. The van der Waals surface area contributed by atoms with E-state index < -0.39 is 11.4 Å². The van der Waals surface area contributed by atoms with Gasteiger partial charge in [-0.2, -0.15) is 9.65 Å². The SMILES string of the molecule is BC(Nc1cc(Cl)c2ncc(C#N)cc2c1)(C1=CN(C2CC2)NN1)c1ccc(F)nc1. The molecule has 3 N–H and O–H groups in total. The van der Waals surface area contributed by atoms with Crippen LogP contribution in [-0.2, 0) is 5.44 Å². The molecule has 1 saturated carbocycles. The fourth-order valence-corrected chi connectivity index (χ4v) is 4.00. The van der Waals surface area contributed by atoms with Crippen LogP contribution in [0.15, 0.2) is 54.6 Å². The van der Waals surface area contributed by atoms with Gasteiger partial charge in [0.2, 0.25) is 5.95 Å². The smallest absolute Gasteiger partial charge is 0.212 e. The summed E-state index contributed by atoms with van der Waals surface area (Å²) in [6.45, 7) is 0. The summed E-state index contributed by atoms with van der Waals surface area (Å²) in [5.41, 5.74) is 9.08. The van der Waals surface area contributed by atoms with Crippen LogP contribution >= 0.6 is 11.6 Å². The second-order valence-electron chi connectivity index (χ2n) is 7.90. The standard InChI is InChI=1S/C21H18BClFN7/c22-21(14-1-4-19(24)26-10-14,18-11-31(30-29-18)16-2-3-16)28-15-6-13-5-12(8-25)9-27-20(13)17(23)7-15/h1,4-7,9-11,16,28-30H,2-3,22H2. The summed E-state index contributed by atoms with van der Waals surface area (Å²) in [6.07, 6.45) is 7.31. The third kappa shape index (κ3) is 3.65. The Bertz CT molecular complexity index is 1240. The van der Waals surface area contributed by atoms with E-state index in [0.29, 0.717) is 22.1 Å². The average molecular weight is 434 g/mol. The number of benzene rings is 1. The molecule has 31 heavy (non-hydrogen) atoms. The Hall–Kier alpha value is -3.35. The van der Waals surface area contributed by atoms with E-state index >= 15 is 0 Å². The van der Waals surface area contributed by atoms with Gasteiger partial charge in [0.05, 0.1) is 27.2 Å². The Balaban J connectivity index is 1.58. The molecule has 1 atom stereocenters.